The molecule has 0 bridgehead atoms. The summed E-state index contributed by atoms with van der Waals surface area (Å²) in [5.41, 5.74) is 0.286. The summed E-state index contributed by atoms with van der Waals surface area (Å²) in [6.07, 6.45) is 17.1. The Morgan fingerprint density at radius 3 is 1.49 bits per heavy atom. The molecule has 0 saturated carbocycles. The summed E-state index contributed by atoms with van der Waals surface area (Å²) in [6, 6.07) is 9.81. The van der Waals surface area contributed by atoms with Gasteiger partial charge in [0.05, 0.1) is 0 Å². The van der Waals surface area contributed by atoms with Gasteiger partial charge < -0.3 is 7.59 Å². The molecule has 0 atom stereocenters. The topological polar surface area (TPSA) is 118 Å². The van der Waals surface area contributed by atoms with Gasteiger partial charge >= 0.3 is 59.1 Å². The van der Waals surface area contributed by atoms with E-state index in [-0.39, 0.29) is 83.9 Å². The van der Waals surface area contributed by atoms with Crippen molar-refractivity contribution in [2.75, 3.05) is 0 Å². The molecular weight excluding hydrogens is 558 g/mol. The van der Waals surface area contributed by atoms with Crippen LogP contribution in [0.15, 0.2) is 52.3 Å². The second-order valence-electron chi connectivity index (χ2n) is 9.58. The number of ether oxygens (including phenoxy) is 1. The second-order valence-corrected chi connectivity index (χ2v) is 12.4. The molecule has 0 amide bonds. The van der Waals surface area contributed by atoms with Crippen LogP contribution in [0.5, 0.6) is 11.5 Å². The number of rotatable bonds is 19. The molecule has 11 heteroatoms. The number of benzene rings is 2. The van der Waals surface area contributed by atoms with Crippen molar-refractivity contribution in [3.8, 4) is 11.5 Å². The monoisotopic (exact) mass is 602 g/mol. The van der Waals surface area contributed by atoms with Gasteiger partial charge in [-0.25, -0.2) is 0 Å². The van der Waals surface area contributed by atoms with Crippen molar-refractivity contribution in [2.24, 2.45) is 0 Å². The van der Waals surface area contributed by atoms with E-state index in [9.17, 15) is 25.9 Å². The average molecular weight is 603 g/mol. The zero-order valence-corrected chi connectivity index (χ0v) is 29.5. The fourth-order valence-electron chi connectivity index (χ4n) is 4.49. The van der Waals surface area contributed by atoms with E-state index < -0.39 is 25.1 Å². The van der Waals surface area contributed by atoms with Crippen molar-refractivity contribution in [3.63, 3.8) is 0 Å². The molecule has 0 saturated heterocycles. The van der Waals surface area contributed by atoms with Crippen LogP contribution in [0, 0.1) is 0 Å². The van der Waals surface area contributed by atoms with Crippen LogP contribution in [-0.2, 0) is 26.7 Å². The molecule has 0 spiro atoms. The third kappa shape index (κ3) is 15.2. The molecule has 0 fully saturated rings. The molecule has 0 radical (unpaired) electrons. The first-order chi connectivity index (χ1) is 17.6. The first kappa shape index (κ1) is 39.1. The van der Waals surface area contributed by atoms with Crippen molar-refractivity contribution in [1.29, 1.82) is 0 Å². The van der Waals surface area contributed by atoms with Crippen LogP contribution in [0.4, 0.5) is 0 Å². The van der Waals surface area contributed by atoms with Gasteiger partial charge in [0.15, 0.2) is 0 Å². The van der Waals surface area contributed by atoms with Crippen LogP contribution < -0.4 is 63.9 Å². The Balaban J connectivity index is -0.00000361. The van der Waals surface area contributed by atoms with Gasteiger partial charge in [-0.05, 0) is 37.1 Å². The molecule has 7 nitrogen and oxygen atoms in total. The van der Waals surface area contributed by atoms with Crippen LogP contribution in [0.1, 0.15) is 105 Å². The van der Waals surface area contributed by atoms with Gasteiger partial charge in [-0.1, -0.05) is 109 Å². The van der Waals surface area contributed by atoms with Gasteiger partial charge in [0.1, 0.15) is 21.3 Å². The average Bonchev–Trinajstić information content (AvgIpc) is 2.84. The Labute approximate surface area is 282 Å². The number of hydrogen-bond donors (Lipinski definition) is 2. The number of unbranched alkanes of at least 4 members (excludes halogenated alkanes) is 13. The number of hydrogen-bond acceptors (Lipinski definition) is 5. The van der Waals surface area contributed by atoms with Crippen LogP contribution in [0.2, 0.25) is 0 Å². The van der Waals surface area contributed by atoms with Crippen molar-refractivity contribution in [3.05, 3.63) is 48.0 Å². The molecular formula is C28H44Na2O7S2. The summed E-state index contributed by atoms with van der Waals surface area (Å²) in [5.74, 6) is 0.000571. The van der Waals surface area contributed by atoms with Gasteiger partial charge in [-0.15, -0.1) is 0 Å². The van der Waals surface area contributed by atoms with Crippen LogP contribution in [0.25, 0.3) is 0 Å². The van der Waals surface area contributed by atoms with E-state index in [1.807, 2.05) is 0 Å². The van der Waals surface area contributed by atoms with Crippen molar-refractivity contribution >= 4 is 20.2 Å². The smallest absolute Gasteiger partial charge is 1.00 e. The summed E-state index contributed by atoms with van der Waals surface area (Å²) < 4.78 is 72.4. The minimum atomic E-state index is -4.54. The predicted molar refractivity (Wildman–Crippen MR) is 149 cm³/mol. The largest absolute Gasteiger partial charge is 1.00 e. The van der Waals surface area contributed by atoms with Gasteiger partial charge in [-0.2, -0.15) is 16.8 Å². The standard InChI is InChI=1S/C28H42O7S2.2Na.2H/c1-2-3-4-5-6-7-8-9-10-11-12-13-14-15-19-24-25(21-18-23-27(24)36(29,30)31)35-26-20-16-17-22-28(26)37(32,33)34;;;;/h16-18,20-23H,2-15,19H2,1H3,(H,29,30,31)(H,32,33,34);;;;/q;2*+1;2*-1. The van der Waals surface area contributed by atoms with E-state index in [1.54, 1.807) is 6.07 Å². The third-order valence-corrected chi connectivity index (χ3v) is 8.33. The van der Waals surface area contributed by atoms with E-state index in [2.05, 4.69) is 6.92 Å². The fraction of sp³-hybridized carbons (Fsp3) is 0.571. The maximum absolute atomic E-state index is 12.0. The Kier molecular flexibility index (Phi) is 20.9. The normalized spacial score (nSPS) is 11.5. The number of para-hydroxylation sites is 1. The Hall–Kier alpha value is 0.0600. The van der Waals surface area contributed by atoms with Gasteiger partial charge in [-0.3, -0.25) is 9.11 Å². The molecule has 0 heterocycles. The molecule has 0 aromatic heterocycles. The Morgan fingerprint density at radius 2 is 1.00 bits per heavy atom. The zero-order chi connectivity index (χ0) is 27.2. The maximum Gasteiger partial charge on any atom is 1.00 e. The van der Waals surface area contributed by atoms with E-state index in [0.29, 0.717) is 12.8 Å². The quantitative estimate of drug-likeness (QED) is 0.144. The fourth-order valence-corrected chi connectivity index (χ4v) is 5.87. The van der Waals surface area contributed by atoms with Gasteiger partial charge in [0.25, 0.3) is 20.2 Å². The second kappa shape index (κ2) is 20.9. The minimum absolute atomic E-state index is 0. The predicted octanol–water partition coefficient (Wildman–Crippen LogP) is 2.23. The molecule has 0 aliphatic rings. The van der Waals surface area contributed by atoms with E-state index >= 15 is 0 Å². The molecule has 39 heavy (non-hydrogen) atoms. The SMILES string of the molecule is CCCCCCCCCCCCCCCCc1c(Oc2ccccc2S(=O)(=O)O)cccc1S(=O)(=O)O.[H-].[H-].[Na+].[Na+]. The molecule has 2 aromatic rings. The van der Waals surface area contributed by atoms with Crippen LogP contribution >= 0.6 is 0 Å². The molecule has 212 valence electrons. The van der Waals surface area contributed by atoms with Crippen molar-refractivity contribution in [2.45, 2.75) is 113 Å². The first-order valence-corrected chi connectivity index (χ1v) is 16.4. The summed E-state index contributed by atoms with van der Waals surface area (Å²) in [6.45, 7) is 2.24. The molecule has 2 aromatic carbocycles. The van der Waals surface area contributed by atoms with Gasteiger partial charge in [0.2, 0.25) is 0 Å². The zero-order valence-electron chi connectivity index (χ0n) is 25.9. The van der Waals surface area contributed by atoms with E-state index in [4.69, 9.17) is 4.74 Å². The van der Waals surface area contributed by atoms with Crippen molar-refractivity contribution < 1.29 is 92.6 Å². The van der Waals surface area contributed by atoms with E-state index in [0.717, 1.165) is 19.3 Å². The maximum atomic E-state index is 12.0. The molecule has 0 unspecified atom stereocenters. The molecule has 2 N–H and O–H groups in total. The molecule has 0 aliphatic carbocycles. The summed E-state index contributed by atoms with van der Waals surface area (Å²) >= 11 is 0. The van der Waals surface area contributed by atoms with Crippen LogP contribution in [0.3, 0.4) is 0 Å². The van der Waals surface area contributed by atoms with E-state index in [1.165, 1.54) is 101 Å². The minimum Gasteiger partial charge on any atom is -1.00 e. The van der Waals surface area contributed by atoms with Gasteiger partial charge in [0, 0.05) is 5.56 Å². The Morgan fingerprint density at radius 1 is 0.590 bits per heavy atom. The molecule has 0 aliphatic heterocycles. The van der Waals surface area contributed by atoms with Crippen molar-refractivity contribution in [1.82, 2.24) is 0 Å². The summed E-state index contributed by atoms with van der Waals surface area (Å²) in [4.78, 5) is -0.682. The first-order valence-electron chi connectivity index (χ1n) is 13.5. The van der Waals surface area contributed by atoms with Crippen LogP contribution in [-0.4, -0.2) is 25.9 Å². The summed E-state index contributed by atoms with van der Waals surface area (Å²) in [7, 11) is -9.04. The molecule has 2 rings (SSSR count). The summed E-state index contributed by atoms with van der Waals surface area (Å²) in [5, 5.41) is 0. The Bertz CT molecular complexity index is 1180. The third-order valence-electron chi connectivity index (χ3n) is 6.50.